The lowest BCUT2D eigenvalue weighted by molar-refractivity contribution is -0.120. The summed E-state index contributed by atoms with van der Waals surface area (Å²) in [6, 6.07) is 10.0. The molecule has 1 N–H and O–H groups in total. The molecule has 1 saturated carbocycles. The van der Waals surface area contributed by atoms with Crippen LogP contribution in [-0.2, 0) is 4.79 Å². The minimum absolute atomic E-state index is 0.0154. The molecule has 0 unspecified atom stereocenters. The van der Waals surface area contributed by atoms with Crippen molar-refractivity contribution in [3.05, 3.63) is 30.3 Å². The number of nitrogens with zero attached hydrogens (tertiary/aromatic N) is 1. The summed E-state index contributed by atoms with van der Waals surface area (Å²) in [5.41, 5.74) is 3.90. The highest BCUT2D eigenvalue weighted by Gasteiger charge is 2.14. The molecule has 1 aliphatic carbocycles. The minimum atomic E-state index is -0.134. The molecule has 1 aliphatic rings. The lowest BCUT2D eigenvalue weighted by Crippen LogP contribution is -2.28. The van der Waals surface area contributed by atoms with E-state index < -0.39 is 0 Å². The van der Waals surface area contributed by atoms with Gasteiger partial charge in [0.2, 0.25) is 0 Å². The smallest absolute Gasteiger partial charge is 0.253 e. The van der Waals surface area contributed by atoms with E-state index in [0.717, 1.165) is 23.4 Å². The van der Waals surface area contributed by atoms with Gasteiger partial charge in [-0.15, -0.1) is 11.8 Å². The highest BCUT2D eigenvalue weighted by Crippen LogP contribution is 2.22. The van der Waals surface area contributed by atoms with E-state index in [-0.39, 0.29) is 11.2 Å². The molecule has 0 aliphatic heterocycles. The van der Waals surface area contributed by atoms with Crippen molar-refractivity contribution in [2.75, 3.05) is 0 Å². The standard InChI is InChI=1S/C17H24N2OS/c1-14(21-16-12-8-5-9-13-16)17(20)19-18-15-10-6-3-2-4-7-11-15/h5,8-9,12-14H,2-4,6-7,10-11H2,1H3,(H,19,20)/t14-/m0/s1. The number of hydrazone groups is 1. The summed E-state index contributed by atoms with van der Waals surface area (Å²) in [6.07, 6.45) is 8.36. The molecule has 0 radical (unpaired) electrons. The van der Waals surface area contributed by atoms with E-state index in [1.54, 1.807) is 11.8 Å². The third-order valence-electron chi connectivity index (χ3n) is 3.68. The average molecular weight is 304 g/mol. The summed E-state index contributed by atoms with van der Waals surface area (Å²) in [5, 5.41) is 4.22. The summed E-state index contributed by atoms with van der Waals surface area (Å²) in [7, 11) is 0. The van der Waals surface area contributed by atoms with Crippen LogP contribution in [0.4, 0.5) is 0 Å². The maximum atomic E-state index is 12.1. The molecule has 21 heavy (non-hydrogen) atoms. The van der Waals surface area contributed by atoms with Crippen LogP contribution in [0.3, 0.4) is 0 Å². The van der Waals surface area contributed by atoms with E-state index in [1.165, 1.54) is 32.1 Å². The van der Waals surface area contributed by atoms with Crippen molar-refractivity contribution in [1.29, 1.82) is 0 Å². The first-order valence-electron chi connectivity index (χ1n) is 7.82. The highest BCUT2D eigenvalue weighted by atomic mass is 32.2. The Morgan fingerprint density at radius 3 is 2.38 bits per heavy atom. The first-order chi connectivity index (χ1) is 10.3. The fourth-order valence-electron chi connectivity index (χ4n) is 2.41. The molecule has 0 heterocycles. The van der Waals surface area contributed by atoms with Crippen LogP contribution in [0.5, 0.6) is 0 Å². The van der Waals surface area contributed by atoms with Crippen LogP contribution < -0.4 is 5.43 Å². The molecule has 0 bridgehead atoms. The van der Waals surface area contributed by atoms with Crippen LogP contribution in [-0.4, -0.2) is 16.9 Å². The van der Waals surface area contributed by atoms with Gasteiger partial charge < -0.3 is 0 Å². The number of nitrogens with one attached hydrogen (secondary N) is 1. The molecule has 1 fully saturated rings. The molecular formula is C17H24N2OS. The fourth-order valence-corrected chi connectivity index (χ4v) is 3.29. The van der Waals surface area contributed by atoms with Gasteiger partial charge in [0, 0.05) is 10.6 Å². The maximum Gasteiger partial charge on any atom is 0.253 e. The second kappa shape index (κ2) is 8.88. The molecular weight excluding hydrogens is 280 g/mol. The molecule has 0 spiro atoms. The SMILES string of the molecule is C[C@H](Sc1ccccc1)C(=O)NN=C1CCCCCCC1. The van der Waals surface area contributed by atoms with Gasteiger partial charge in [-0.3, -0.25) is 4.79 Å². The van der Waals surface area contributed by atoms with Crippen LogP contribution >= 0.6 is 11.8 Å². The van der Waals surface area contributed by atoms with Crippen molar-refractivity contribution in [1.82, 2.24) is 5.43 Å². The number of carbonyl (C=O) groups is 1. The second-order valence-corrected chi connectivity index (χ2v) is 6.91. The number of benzene rings is 1. The lowest BCUT2D eigenvalue weighted by atomic mass is 9.99. The van der Waals surface area contributed by atoms with Crippen molar-refractivity contribution < 1.29 is 4.79 Å². The largest absolute Gasteiger partial charge is 0.272 e. The van der Waals surface area contributed by atoms with Crippen LogP contribution in [0, 0.1) is 0 Å². The van der Waals surface area contributed by atoms with Crippen molar-refractivity contribution in [2.45, 2.75) is 62.0 Å². The quantitative estimate of drug-likeness (QED) is 0.662. The first kappa shape index (κ1) is 16.1. The Bertz CT molecular complexity index is 463. The van der Waals surface area contributed by atoms with Gasteiger partial charge in [0.1, 0.15) is 0 Å². The van der Waals surface area contributed by atoms with Crippen LogP contribution in [0.25, 0.3) is 0 Å². The Balaban J connectivity index is 1.82. The van der Waals surface area contributed by atoms with Gasteiger partial charge in [-0.25, -0.2) is 5.43 Å². The average Bonchev–Trinajstić information content (AvgIpc) is 2.47. The monoisotopic (exact) mass is 304 g/mol. The van der Waals surface area contributed by atoms with Gasteiger partial charge in [0.25, 0.3) is 5.91 Å². The zero-order chi connectivity index (χ0) is 14.9. The molecule has 0 saturated heterocycles. The van der Waals surface area contributed by atoms with Crippen LogP contribution in [0.2, 0.25) is 0 Å². The minimum Gasteiger partial charge on any atom is -0.272 e. The van der Waals surface area contributed by atoms with E-state index in [0.29, 0.717) is 0 Å². The Hall–Kier alpha value is -1.29. The topological polar surface area (TPSA) is 41.5 Å². The fraction of sp³-hybridized carbons (Fsp3) is 0.529. The number of thioether (sulfide) groups is 1. The summed E-state index contributed by atoms with van der Waals surface area (Å²) in [4.78, 5) is 13.2. The third kappa shape index (κ3) is 5.92. The Morgan fingerprint density at radius 2 is 1.71 bits per heavy atom. The van der Waals surface area contributed by atoms with E-state index in [9.17, 15) is 4.79 Å². The molecule has 0 aromatic heterocycles. The lowest BCUT2D eigenvalue weighted by Gasteiger charge is -2.13. The number of hydrogen-bond acceptors (Lipinski definition) is 3. The normalized spacial score (nSPS) is 17.5. The first-order valence-corrected chi connectivity index (χ1v) is 8.70. The van der Waals surface area contributed by atoms with Crippen LogP contribution in [0.1, 0.15) is 51.9 Å². The summed E-state index contributed by atoms with van der Waals surface area (Å²) in [6.45, 7) is 1.92. The molecule has 1 aromatic carbocycles. The third-order valence-corrected chi connectivity index (χ3v) is 4.79. The maximum absolute atomic E-state index is 12.1. The van der Waals surface area contributed by atoms with Crippen molar-refractivity contribution in [2.24, 2.45) is 5.10 Å². The number of carbonyl (C=O) groups excluding carboxylic acids is 1. The summed E-state index contributed by atoms with van der Waals surface area (Å²) in [5.74, 6) is -0.0154. The van der Waals surface area contributed by atoms with Crippen molar-refractivity contribution >= 4 is 23.4 Å². The Labute approximate surface area is 131 Å². The molecule has 1 atom stereocenters. The zero-order valence-electron chi connectivity index (χ0n) is 12.7. The Kier molecular flexibility index (Phi) is 6.80. The van der Waals surface area contributed by atoms with Crippen molar-refractivity contribution in [3.8, 4) is 0 Å². The summed E-state index contributed by atoms with van der Waals surface area (Å²) >= 11 is 1.56. The predicted molar refractivity (Wildman–Crippen MR) is 89.7 cm³/mol. The van der Waals surface area contributed by atoms with Crippen molar-refractivity contribution in [3.63, 3.8) is 0 Å². The zero-order valence-corrected chi connectivity index (χ0v) is 13.5. The van der Waals surface area contributed by atoms with Gasteiger partial charge in [0.05, 0.1) is 5.25 Å². The Morgan fingerprint density at radius 1 is 1.10 bits per heavy atom. The molecule has 1 aromatic rings. The second-order valence-electron chi connectivity index (χ2n) is 5.49. The molecule has 114 valence electrons. The molecule has 1 amide bonds. The molecule has 4 heteroatoms. The van der Waals surface area contributed by atoms with E-state index in [2.05, 4.69) is 10.5 Å². The molecule has 2 rings (SSSR count). The highest BCUT2D eigenvalue weighted by molar-refractivity contribution is 8.00. The van der Waals surface area contributed by atoms with Gasteiger partial charge >= 0.3 is 0 Å². The van der Waals surface area contributed by atoms with Gasteiger partial charge in [-0.05, 0) is 44.7 Å². The summed E-state index contributed by atoms with van der Waals surface area (Å²) < 4.78 is 0. The van der Waals surface area contributed by atoms with E-state index >= 15 is 0 Å². The molecule has 3 nitrogen and oxygen atoms in total. The van der Waals surface area contributed by atoms with Gasteiger partial charge in [0.15, 0.2) is 0 Å². The predicted octanol–water partition coefficient (Wildman–Crippen LogP) is 4.38. The van der Waals surface area contributed by atoms with E-state index in [1.807, 2.05) is 37.3 Å². The van der Waals surface area contributed by atoms with Gasteiger partial charge in [-0.1, -0.05) is 37.5 Å². The van der Waals surface area contributed by atoms with Gasteiger partial charge in [-0.2, -0.15) is 5.10 Å². The van der Waals surface area contributed by atoms with Crippen LogP contribution in [0.15, 0.2) is 40.3 Å². The number of hydrogen-bond donors (Lipinski definition) is 1. The number of rotatable bonds is 4. The van der Waals surface area contributed by atoms with E-state index in [4.69, 9.17) is 0 Å². The number of amides is 1.